The second-order valence-corrected chi connectivity index (χ2v) is 10.3. The van der Waals surface area contributed by atoms with Gasteiger partial charge in [-0.3, -0.25) is 14.4 Å². The predicted molar refractivity (Wildman–Crippen MR) is 150 cm³/mol. The van der Waals surface area contributed by atoms with Crippen molar-refractivity contribution in [2.75, 3.05) is 17.2 Å². The van der Waals surface area contributed by atoms with Crippen LogP contribution in [0.15, 0.2) is 65.1 Å². The van der Waals surface area contributed by atoms with E-state index >= 15 is 0 Å². The van der Waals surface area contributed by atoms with Crippen molar-refractivity contribution in [1.82, 2.24) is 5.32 Å². The molecule has 3 aromatic rings. The monoisotopic (exact) mass is 676 g/mol. The van der Waals surface area contributed by atoms with Crippen molar-refractivity contribution in [1.29, 1.82) is 0 Å². The molecule has 3 amide bonds. The highest BCUT2D eigenvalue weighted by atomic mass is 79.9. The molecule has 1 atom stereocenters. The summed E-state index contributed by atoms with van der Waals surface area (Å²) in [6.07, 6.45) is -7.80. The number of carbonyl (C=O) groups excluding carboxylic acids is 3. The summed E-state index contributed by atoms with van der Waals surface area (Å²) in [4.78, 5) is 38.0. The molecule has 1 unspecified atom stereocenters. The molecule has 224 valence electrons. The molecule has 0 fully saturated rings. The third kappa shape index (κ3) is 8.39. The number of hydrogen-bond acceptors (Lipinski definition) is 5. The number of ether oxygens (including phenoxy) is 1. The number of benzene rings is 3. The summed E-state index contributed by atoms with van der Waals surface area (Å²) in [5, 5.41) is 7.19. The molecule has 0 aliphatic carbocycles. The first-order valence-corrected chi connectivity index (χ1v) is 13.1. The molecule has 0 saturated heterocycles. The maximum atomic E-state index is 13.0. The van der Waals surface area contributed by atoms with Crippen LogP contribution in [0.1, 0.15) is 33.2 Å². The minimum Gasteiger partial charge on any atom is -0.487 e. The average molecular weight is 678 g/mol. The summed E-state index contributed by atoms with van der Waals surface area (Å²) >= 11 is 9.43. The second-order valence-electron chi connectivity index (χ2n) is 9.03. The molecule has 0 heterocycles. The second kappa shape index (κ2) is 13.5. The number of amides is 3. The van der Waals surface area contributed by atoms with Crippen LogP contribution in [-0.4, -0.2) is 42.5 Å². The van der Waals surface area contributed by atoms with Gasteiger partial charge in [-0.15, -0.1) is 0 Å². The summed E-state index contributed by atoms with van der Waals surface area (Å²) in [6, 6.07) is 14.2. The summed E-state index contributed by atoms with van der Waals surface area (Å²) in [5.41, 5.74) is 2.43. The van der Waals surface area contributed by atoms with Gasteiger partial charge in [0.05, 0.1) is 16.1 Å². The number of rotatable bonds is 10. The Balaban J connectivity index is 1.81. The lowest BCUT2D eigenvalue weighted by Gasteiger charge is -2.26. The maximum absolute atomic E-state index is 13.0. The van der Waals surface area contributed by atoms with E-state index in [-0.39, 0.29) is 33.1 Å². The van der Waals surface area contributed by atoms with Gasteiger partial charge in [-0.1, -0.05) is 33.6 Å². The number of hydrogen-bond donors (Lipinski definition) is 4. The van der Waals surface area contributed by atoms with E-state index in [1.807, 2.05) is 0 Å². The van der Waals surface area contributed by atoms with Gasteiger partial charge in [-0.25, -0.2) is 8.78 Å². The Hall–Kier alpha value is -3.75. The molecule has 15 heteroatoms. The van der Waals surface area contributed by atoms with Crippen molar-refractivity contribution in [3.63, 3.8) is 0 Å². The number of nitrogens with two attached hydrogens (primary N) is 1. The van der Waals surface area contributed by atoms with Crippen LogP contribution in [0.5, 0.6) is 5.75 Å². The highest BCUT2D eigenvalue weighted by molar-refractivity contribution is 9.10. The minimum absolute atomic E-state index is 0.0216. The van der Waals surface area contributed by atoms with E-state index in [1.54, 1.807) is 24.3 Å². The first-order valence-electron chi connectivity index (χ1n) is 11.9. The van der Waals surface area contributed by atoms with Gasteiger partial charge in [0.15, 0.2) is 5.54 Å². The summed E-state index contributed by atoms with van der Waals surface area (Å²) in [7, 11) is 0. The largest absolute Gasteiger partial charge is 0.487 e. The van der Waals surface area contributed by atoms with E-state index in [2.05, 4.69) is 31.9 Å². The molecule has 0 radical (unpaired) electrons. The Morgan fingerprint density at radius 3 is 2.14 bits per heavy atom. The molecular formula is C27H23BrClF5N4O4. The number of nitrogens with one attached hydrogen (secondary N) is 3. The van der Waals surface area contributed by atoms with Crippen LogP contribution >= 0.6 is 27.5 Å². The Labute approximate surface area is 249 Å². The maximum Gasteiger partial charge on any atom is 0.415 e. The molecule has 0 spiro atoms. The highest BCUT2D eigenvalue weighted by Crippen LogP contribution is 2.29. The molecule has 0 saturated carbocycles. The molecule has 0 bridgehead atoms. The summed E-state index contributed by atoms with van der Waals surface area (Å²) in [6.45, 7) is -0.842. The van der Waals surface area contributed by atoms with Gasteiger partial charge < -0.3 is 26.4 Å². The van der Waals surface area contributed by atoms with Gasteiger partial charge in [-0.05, 0) is 67.1 Å². The fourth-order valence-corrected chi connectivity index (χ4v) is 3.81. The smallest absolute Gasteiger partial charge is 0.415 e. The van der Waals surface area contributed by atoms with E-state index in [4.69, 9.17) is 22.1 Å². The predicted octanol–water partition coefficient (Wildman–Crippen LogP) is 6.15. The Bertz CT molecular complexity index is 1470. The number of anilines is 2. The summed E-state index contributed by atoms with van der Waals surface area (Å²) < 4.78 is 70.5. The lowest BCUT2D eigenvalue weighted by atomic mass is 10.0. The normalized spacial score (nSPS) is 12.8. The Morgan fingerprint density at radius 2 is 1.52 bits per heavy atom. The van der Waals surface area contributed by atoms with E-state index in [0.717, 1.165) is 4.47 Å². The van der Waals surface area contributed by atoms with Gasteiger partial charge in [0.2, 0.25) is 5.91 Å². The van der Waals surface area contributed by atoms with Gasteiger partial charge >= 0.3 is 6.18 Å². The van der Waals surface area contributed by atoms with Crippen LogP contribution in [-0.2, 0) is 11.3 Å². The van der Waals surface area contributed by atoms with Crippen molar-refractivity contribution < 1.29 is 41.1 Å². The first kappa shape index (κ1) is 32.8. The highest BCUT2D eigenvalue weighted by Gasteiger charge is 2.53. The SMILES string of the molecule is CC(N)(C(=O)NCc1ccc(Cl)c(C(=O)Nc2ccc(OCC(F)F)c(C(=O)Nc3ccc(Br)cc3)c2)c1)C(F)(F)F. The zero-order valence-electron chi connectivity index (χ0n) is 21.6. The first-order chi connectivity index (χ1) is 19.6. The molecule has 42 heavy (non-hydrogen) atoms. The molecule has 3 aromatic carbocycles. The van der Waals surface area contributed by atoms with Crippen LogP contribution < -0.4 is 26.4 Å². The van der Waals surface area contributed by atoms with Gasteiger partial charge in [0, 0.05) is 22.4 Å². The fraction of sp³-hybridized carbons (Fsp3) is 0.222. The fourth-order valence-electron chi connectivity index (χ4n) is 3.34. The van der Waals surface area contributed by atoms with E-state index in [1.165, 1.54) is 36.4 Å². The van der Waals surface area contributed by atoms with E-state index in [9.17, 15) is 36.3 Å². The molecular weight excluding hydrogens is 655 g/mol. The zero-order valence-corrected chi connectivity index (χ0v) is 24.0. The van der Waals surface area contributed by atoms with E-state index in [0.29, 0.717) is 12.6 Å². The van der Waals surface area contributed by atoms with Crippen LogP contribution in [0, 0.1) is 0 Å². The molecule has 3 rings (SSSR count). The minimum atomic E-state index is -4.99. The molecule has 5 N–H and O–H groups in total. The lowest BCUT2D eigenvalue weighted by Crippen LogP contribution is -2.61. The van der Waals surface area contributed by atoms with Gasteiger partial charge in [-0.2, -0.15) is 13.2 Å². The topological polar surface area (TPSA) is 123 Å². The van der Waals surface area contributed by atoms with Crippen LogP contribution in [0.25, 0.3) is 0 Å². The third-order valence-corrected chi connectivity index (χ3v) is 6.60. The third-order valence-electron chi connectivity index (χ3n) is 5.74. The van der Waals surface area contributed by atoms with Crippen molar-refractivity contribution in [2.24, 2.45) is 5.73 Å². The zero-order chi connectivity index (χ0) is 31.2. The quantitative estimate of drug-likeness (QED) is 0.192. The number of carbonyl (C=O) groups is 3. The average Bonchev–Trinajstić information content (AvgIpc) is 2.92. The van der Waals surface area contributed by atoms with Crippen molar-refractivity contribution in [3.8, 4) is 5.75 Å². The lowest BCUT2D eigenvalue weighted by molar-refractivity contribution is -0.187. The van der Waals surface area contributed by atoms with Crippen LogP contribution in [0.4, 0.5) is 33.3 Å². The Morgan fingerprint density at radius 1 is 0.929 bits per heavy atom. The van der Waals surface area contributed by atoms with Gasteiger partial charge in [0.25, 0.3) is 18.2 Å². The Kier molecular flexibility index (Phi) is 10.5. The standard InChI is InChI=1S/C27H23BrClF5N4O4/c1-26(35,27(32,33)34)25(41)36-12-14-2-8-20(29)18(10-14)23(39)38-17-7-9-21(42-13-22(30)31)19(11-17)24(40)37-16-5-3-15(28)4-6-16/h2-11,22H,12-13,35H2,1H3,(H,36,41)(H,37,40)(H,38,39). The number of halogens is 7. The molecule has 0 aliphatic heterocycles. The molecule has 0 aromatic heterocycles. The van der Waals surface area contributed by atoms with Crippen LogP contribution in [0.3, 0.4) is 0 Å². The van der Waals surface area contributed by atoms with Gasteiger partial charge in [0.1, 0.15) is 12.4 Å². The summed E-state index contributed by atoms with van der Waals surface area (Å²) in [5.74, 6) is -3.12. The molecule has 0 aliphatic rings. The van der Waals surface area contributed by atoms with Crippen LogP contribution in [0.2, 0.25) is 5.02 Å². The van der Waals surface area contributed by atoms with Crippen molar-refractivity contribution in [2.45, 2.75) is 31.6 Å². The van der Waals surface area contributed by atoms with E-state index < -0.39 is 49.0 Å². The molecule has 8 nitrogen and oxygen atoms in total. The van der Waals surface area contributed by atoms with Crippen molar-refractivity contribution >= 4 is 56.6 Å². The number of alkyl halides is 5. The van der Waals surface area contributed by atoms with Crippen molar-refractivity contribution in [3.05, 3.63) is 86.8 Å².